The van der Waals surface area contributed by atoms with Crippen molar-refractivity contribution in [2.75, 3.05) is 0 Å². The Balaban J connectivity index is 1.64. The van der Waals surface area contributed by atoms with Gasteiger partial charge in [-0.2, -0.15) is 0 Å². The fourth-order valence-corrected chi connectivity index (χ4v) is 4.41. The molecule has 3 aromatic carbocycles. The maximum absolute atomic E-state index is 11.6. The first-order valence-electron chi connectivity index (χ1n) is 9.28. The maximum Gasteiger partial charge on any atom is 0.273 e. The zero-order valence-electron chi connectivity index (χ0n) is 15.0. The molecule has 0 amide bonds. The largest absolute Gasteiger partial charge is 0.364 e. The Bertz CT molecular complexity index is 1110. The number of benzene rings is 3. The summed E-state index contributed by atoms with van der Waals surface area (Å²) < 4.78 is 6.32. The molecule has 0 aromatic heterocycles. The highest BCUT2D eigenvalue weighted by Gasteiger charge is 2.53. The third-order valence-corrected chi connectivity index (χ3v) is 5.59. The predicted octanol–water partition coefficient (Wildman–Crippen LogP) is 5.17. The van der Waals surface area contributed by atoms with E-state index in [1.165, 1.54) is 0 Å². The maximum atomic E-state index is 11.6. The van der Waals surface area contributed by atoms with E-state index in [9.17, 15) is 10.1 Å². The number of hydrogen-bond donors (Lipinski definition) is 0. The molecule has 2 aliphatic heterocycles. The van der Waals surface area contributed by atoms with Crippen molar-refractivity contribution in [1.29, 1.82) is 0 Å². The Labute approximate surface area is 162 Å². The average molecular weight is 367 g/mol. The molecular formula is C24H17NO3. The lowest BCUT2D eigenvalue weighted by molar-refractivity contribution is -0.385. The quantitative estimate of drug-likeness (QED) is 0.357. The number of rotatable bonds is 2. The molecule has 0 spiro atoms. The highest BCUT2D eigenvalue weighted by Crippen LogP contribution is 2.61. The van der Waals surface area contributed by atoms with E-state index in [2.05, 4.69) is 24.0 Å². The van der Waals surface area contributed by atoms with Crippen molar-refractivity contribution in [3.05, 3.63) is 111 Å². The molecule has 0 radical (unpaired) electrons. The number of fused-ring (bicyclic) bond motifs is 5. The number of nitro groups is 1. The van der Waals surface area contributed by atoms with Gasteiger partial charge in [-0.3, -0.25) is 10.1 Å². The van der Waals surface area contributed by atoms with Gasteiger partial charge in [-0.25, -0.2) is 0 Å². The Morgan fingerprint density at radius 1 is 0.786 bits per heavy atom. The smallest absolute Gasteiger partial charge is 0.273 e. The van der Waals surface area contributed by atoms with Crippen LogP contribution in [0.4, 0.5) is 5.69 Å². The first kappa shape index (κ1) is 16.7. The van der Waals surface area contributed by atoms with Gasteiger partial charge in [-0.15, -0.1) is 0 Å². The van der Waals surface area contributed by atoms with Crippen LogP contribution in [0.25, 0.3) is 0 Å². The van der Waals surface area contributed by atoms with Crippen molar-refractivity contribution >= 4 is 5.69 Å². The van der Waals surface area contributed by atoms with Crippen LogP contribution in [0.2, 0.25) is 0 Å². The monoisotopic (exact) mass is 367 g/mol. The third-order valence-electron chi connectivity index (χ3n) is 5.59. The molecule has 1 fully saturated rings. The summed E-state index contributed by atoms with van der Waals surface area (Å²) in [7, 11) is 0. The average Bonchev–Trinajstić information content (AvgIpc) is 3.30. The Morgan fingerprint density at radius 3 is 2.11 bits per heavy atom. The standard InChI is InChI=1S/C24H17NO3/c26-25(27)21-13-7-6-12-19(21)22-20(15-14-16-8-2-1-3-9-16)23-17-10-4-5-11-18(17)24(22)28-23/h1-13,20,22-24H/t20-,22+,23+,24-/m1/s1. The van der Waals surface area contributed by atoms with Crippen molar-refractivity contribution in [2.24, 2.45) is 5.92 Å². The Hall–Kier alpha value is -3.42. The second-order valence-corrected chi connectivity index (χ2v) is 7.11. The molecular weight excluding hydrogens is 350 g/mol. The van der Waals surface area contributed by atoms with Crippen LogP contribution in [0, 0.1) is 27.9 Å². The van der Waals surface area contributed by atoms with Crippen LogP contribution in [-0.2, 0) is 4.74 Å². The lowest BCUT2D eigenvalue weighted by Crippen LogP contribution is -2.20. The van der Waals surface area contributed by atoms with Crippen LogP contribution >= 0.6 is 0 Å². The molecule has 3 aromatic rings. The fraction of sp³-hybridized carbons (Fsp3) is 0.167. The Kier molecular flexibility index (Phi) is 3.96. The summed E-state index contributed by atoms with van der Waals surface area (Å²) in [4.78, 5) is 11.3. The van der Waals surface area contributed by atoms with E-state index in [1.807, 2.05) is 54.6 Å². The molecule has 5 rings (SSSR count). The normalized spacial score (nSPS) is 24.3. The van der Waals surface area contributed by atoms with Crippen molar-refractivity contribution in [2.45, 2.75) is 18.1 Å². The van der Waals surface area contributed by atoms with E-state index >= 15 is 0 Å². The molecule has 136 valence electrons. The second kappa shape index (κ2) is 6.63. The summed E-state index contributed by atoms with van der Waals surface area (Å²) in [5, 5.41) is 11.6. The molecule has 1 saturated heterocycles. The molecule has 0 unspecified atom stereocenters. The van der Waals surface area contributed by atoms with E-state index in [-0.39, 0.29) is 34.7 Å². The topological polar surface area (TPSA) is 52.4 Å². The van der Waals surface area contributed by atoms with Gasteiger partial charge >= 0.3 is 0 Å². The molecule has 28 heavy (non-hydrogen) atoms. The molecule has 4 heteroatoms. The summed E-state index contributed by atoms with van der Waals surface area (Å²) in [6, 6.07) is 24.9. The number of ether oxygens (including phenoxy) is 1. The SMILES string of the molecule is O=[N+]([O-])c1ccccc1[C@H]1[C@@H](C#Cc2ccccc2)[C@H]2O[C@@H]1c1ccccc12. The van der Waals surface area contributed by atoms with Gasteiger partial charge < -0.3 is 4.74 Å². The minimum absolute atomic E-state index is 0.132. The van der Waals surface area contributed by atoms with Crippen LogP contribution in [0.15, 0.2) is 78.9 Å². The minimum Gasteiger partial charge on any atom is -0.364 e. The zero-order valence-corrected chi connectivity index (χ0v) is 15.0. The molecule has 0 saturated carbocycles. The number of nitro benzene ring substituents is 1. The molecule has 0 N–H and O–H groups in total. The van der Waals surface area contributed by atoms with E-state index in [0.29, 0.717) is 5.56 Å². The minimum atomic E-state index is -0.311. The second-order valence-electron chi connectivity index (χ2n) is 7.11. The van der Waals surface area contributed by atoms with Crippen LogP contribution in [0.5, 0.6) is 0 Å². The molecule has 4 atom stereocenters. The zero-order chi connectivity index (χ0) is 19.1. The van der Waals surface area contributed by atoms with Crippen molar-refractivity contribution in [3.63, 3.8) is 0 Å². The van der Waals surface area contributed by atoms with Gasteiger partial charge in [0.1, 0.15) is 0 Å². The van der Waals surface area contributed by atoms with E-state index in [0.717, 1.165) is 16.7 Å². The molecule has 2 heterocycles. The lowest BCUT2D eigenvalue weighted by Gasteiger charge is -2.26. The third kappa shape index (κ3) is 2.60. The van der Waals surface area contributed by atoms with Gasteiger partial charge in [0.15, 0.2) is 0 Å². The van der Waals surface area contributed by atoms with Crippen LogP contribution in [0.3, 0.4) is 0 Å². The van der Waals surface area contributed by atoms with E-state index in [1.54, 1.807) is 12.1 Å². The first-order valence-corrected chi connectivity index (χ1v) is 9.28. The van der Waals surface area contributed by atoms with Gasteiger partial charge in [0, 0.05) is 23.1 Å². The molecule has 2 aliphatic rings. The van der Waals surface area contributed by atoms with Crippen LogP contribution in [-0.4, -0.2) is 4.92 Å². The Morgan fingerprint density at radius 2 is 1.39 bits per heavy atom. The summed E-state index contributed by atoms with van der Waals surface area (Å²) >= 11 is 0. The summed E-state index contributed by atoms with van der Waals surface area (Å²) in [5.41, 5.74) is 4.03. The highest BCUT2D eigenvalue weighted by molar-refractivity contribution is 5.51. The van der Waals surface area contributed by atoms with Crippen molar-refractivity contribution < 1.29 is 9.66 Å². The summed E-state index contributed by atoms with van der Waals surface area (Å²) in [6.45, 7) is 0. The van der Waals surface area contributed by atoms with E-state index in [4.69, 9.17) is 4.74 Å². The molecule has 2 bridgehead atoms. The van der Waals surface area contributed by atoms with Gasteiger partial charge in [-0.05, 0) is 23.3 Å². The van der Waals surface area contributed by atoms with Crippen LogP contribution < -0.4 is 0 Å². The first-order chi connectivity index (χ1) is 13.7. The molecule has 0 aliphatic carbocycles. The summed E-state index contributed by atoms with van der Waals surface area (Å²) in [6.07, 6.45) is -0.375. The summed E-state index contributed by atoms with van der Waals surface area (Å²) in [5.74, 6) is 6.33. The van der Waals surface area contributed by atoms with Gasteiger partial charge in [0.25, 0.3) is 5.69 Å². The van der Waals surface area contributed by atoms with Gasteiger partial charge in [0.05, 0.1) is 23.0 Å². The highest BCUT2D eigenvalue weighted by atomic mass is 16.6. The van der Waals surface area contributed by atoms with Crippen molar-refractivity contribution in [3.8, 4) is 11.8 Å². The molecule has 4 nitrogen and oxygen atoms in total. The fourth-order valence-electron chi connectivity index (χ4n) is 4.41. The van der Waals surface area contributed by atoms with Gasteiger partial charge in [0.2, 0.25) is 0 Å². The number of para-hydroxylation sites is 1. The van der Waals surface area contributed by atoms with Gasteiger partial charge in [-0.1, -0.05) is 72.5 Å². The number of hydrogen-bond acceptors (Lipinski definition) is 3. The van der Waals surface area contributed by atoms with E-state index < -0.39 is 0 Å². The van der Waals surface area contributed by atoms with Crippen LogP contribution in [0.1, 0.15) is 40.4 Å². The lowest BCUT2D eigenvalue weighted by atomic mass is 9.72. The predicted molar refractivity (Wildman–Crippen MR) is 106 cm³/mol. The van der Waals surface area contributed by atoms with Crippen molar-refractivity contribution in [1.82, 2.24) is 0 Å². The number of nitrogens with zero attached hydrogens (tertiary/aromatic N) is 1.